The summed E-state index contributed by atoms with van der Waals surface area (Å²) in [5.74, 6) is -0.879. The Morgan fingerprint density at radius 3 is 2.05 bits per heavy atom. The van der Waals surface area contributed by atoms with E-state index in [0.717, 1.165) is 3.17 Å². The van der Waals surface area contributed by atoms with Crippen molar-refractivity contribution in [3.05, 3.63) is 35.9 Å². The number of unbranched alkanes of at least 4 members (excludes halogenated alkanes) is 5. The zero-order valence-corrected chi connectivity index (χ0v) is 16.7. The second-order valence-electron chi connectivity index (χ2n) is 6.12. The predicted molar refractivity (Wildman–Crippen MR) is 95.8 cm³/mol. The standard InChI is InChI=1S/C12H25.C7H6O2.Na/c1-3-5-7-9-11-12-10-8-6-4-2;8-7(9)6-4-2-1-3-5-6;/h7H,3-6,8-12H2,1-2H3;1-5H,(H,8,9);. The first-order valence-corrected chi connectivity index (χ1v) is 10.1. The van der Waals surface area contributed by atoms with Crippen LogP contribution in [0, 0.1) is 0 Å². The Bertz CT molecular complexity index is 365. The molecule has 0 amide bonds. The molecule has 3 heteroatoms. The fraction of sp³-hybridized carbons (Fsp3) is 0.632. The maximum Gasteiger partial charge on any atom is 0.335 e. The summed E-state index contributed by atoms with van der Waals surface area (Å²) in [5, 5.41) is 8.38. The average molecular weight is 314 g/mol. The van der Waals surface area contributed by atoms with Gasteiger partial charge in [0.2, 0.25) is 0 Å². The molecule has 0 aliphatic carbocycles. The summed E-state index contributed by atoms with van der Waals surface area (Å²) in [6, 6.07) is 8.30. The second kappa shape index (κ2) is 15.6. The fourth-order valence-corrected chi connectivity index (χ4v) is 3.48. The molecule has 1 aromatic rings. The van der Waals surface area contributed by atoms with Crippen molar-refractivity contribution in [3.63, 3.8) is 0 Å². The van der Waals surface area contributed by atoms with Gasteiger partial charge in [0, 0.05) is 0 Å². The maximum atomic E-state index is 10.2. The van der Waals surface area contributed by atoms with Gasteiger partial charge in [-0.25, -0.2) is 4.79 Å². The molecule has 0 spiro atoms. The van der Waals surface area contributed by atoms with Crippen LogP contribution in [0.1, 0.15) is 82.0 Å². The summed E-state index contributed by atoms with van der Waals surface area (Å²) in [6.07, 6.45) is 13.2. The smallest absolute Gasteiger partial charge is 0.335 e. The summed E-state index contributed by atoms with van der Waals surface area (Å²) in [6.45, 7) is 4.60. The summed E-state index contributed by atoms with van der Waals surface area (Å²) < 4.78 is 1.11. The average Bonchev–Trinajstić information content (AvgIpc) is 2.52. The van der Waals surface area contributed by atoms with Gasteiger partial charge in [-0.1, -0.05) is 18.2 Å². The van der Waals surface area contributed by atoms with Crippen LogP contribution in [0.15, 0.2) is 30.3 Å². The maximum absolute atomic E-state index is 10.2. The fourth-order valence-electron chi connectivity index (χ4n) is 2.49. The van der Waals surface area contributed by atoms with E-state index in [4.69, 9.17) is 5.11 Å². The minimum absolute atomic E-state index is 0.331. The van der Waals surface area contributed by atoms with Crippen molar-refractivity contribution in [2.75, 3.05) is 0 Å². The van der Waals surface area contributed by atoms with Crippen molar-refractivity contribution >= 4 is 33.9 Å². The van der Waals surface area contributed by atoms with E-state index >= 15 is 0 Å². The van der Waals surface area contributed by atoms with Crippen LogP contribution in [0.25, 0.3) is 0 Å². The van der Waals surface area contributed by atoms with Crippen molar-refractivity contribution in [3.8, 4) is 0 Å². The van der Waals surface area contributed by atoms with Crippen molar-refractivity contribution in [2.24, 2.45) is 0 Å². The molecule has 0 aromatic heterocycles. The van der Waals surface area contributed by atoms with E-state index in [1.807, 2.05) is 0 Å². The van der Waals surface area contributed by atoms with E-state index in [0.29, 0.717) is 5.56 Å². The Balaban J connectivity index is 0.000000425. The molecule has 0 aliphatic rings. The predicted octanol–water partition coefficient (Wildman–Crippen LogP) is 5.88. The molecule has 0 fully saturated rings. The van der Waals surface area contributed by atoms with Crippen LogP contribution in [0.5, 0.6) is 0 Å². The van der Waals surface area contributed by atoms with Gasteiger partial charge in [-0.2, -0.15) is 0 Å². The molecule has 0 heterocycles. The number of aromatic carboxylic acids is 1. The molecule has 0 radical (unpaired) electrons. The Morgan fingerprint density at radius 1 is 0.955 bits per heavy atom. The molecule has 0 saturated heterocycles. The van der Waals surface area contributed by atoms with Crippen LogP contribution >= 0.6 is 0 Å². The molecule has 0 bridgehead atoms. The van der Waals surface area contributed by atoms with Gasteiger partial charge in [0.15, 0.2) is 0 Å². The van der Waals surface area contributed by atoms with Gasteiger partial charge in [0.05, 0.1) is 5.56 Å². The number of benzene rings is 1. The van der Waals surface area contributed by atoms with Crippen molar-refractivity contribution in [1.82, 2.24) is 0 Å². The Hall–Kier alpha value is -0.310. The molecule has 1 atom stereocenters. The third-order valence-corrected chi connectivity index (χ3v) is 5.01. The first kappa shape index (κ1) is 21.7. The molecule has 120 valence electrons. The zero-order valence-electron chi connectivity index (χ0n) is 14.7. The number of carboxylic acid groups (broad SMARTS) is 1. The third-order valence-electron chi connectivity index (χ3n) is 3.85. The van der Waals surface area contributed by atoms with Crippen molar-refractivity contribution in [1.29, 1.82) is 0 Å². The van der Waals surface area contributed by atoms with Gasteiger partial charge in [0.25, 0.3) is 0 Å². The first-order valence-electron chi connectivity index (χ1n) is 8.90. The molecule has 1 unspecified atom stereocenters. The van der Waals surface area contributed by atoms with E-state index in [1.54, 1.807) is 30.3 Å². The van der Waals surface area contributed by atoms with Gasteiger partial charge in [0.1, 0.15) is 0 Å². The normalized spacial score (nSPS) is 11.5. The molecule has 1 N–H and O–H groups in total. The number of hydrogen-bond acceptors (Lipinski definition) is 1. The Kier molecular flexibility index (Phi) is 15.4. The Labute approximate surface area is 154 Å². The van der Waals surface area contributed by atoms with E-state index in [1.165, 1.54) is 85.7 Å². The molecular formula is C19H31NaO2. The number of carbonyl (C=O) groups is 1. The van der Waals surface area contributed by atoms with Gasteiger partial charge in [-0.15, -0.1) is 0 Å². The first-order chi connectivity index (χ1) is 10.6. The number of carboxylic acids is 1. The summed E-state index contributed by atoms with van der Waals surface area (Å²) >= 11 is 1.42. The van der Waals surface area contributed by atoms with Crippen LogP contribution in [-0.2, 0) is 0 Å². The van der Waals surface area contributed by atoms with Gasteiger partial charge in [-0.05, 0) is 12.1 Å². The minimum Gasteiger partial charge on any atom is -0.478 e. The van der Waals surface area contributed by atoms with Crippen LogP contribution in [0.3, 0.4) is 0 Å². The topological polar surface area (TPSA) is 37.3 Å². The monoisotopic (exact) mass is 314 g/mol. The van der Waals surface area contributed by atoms with E-state index in [9.17, 15) is 4.79 Å². The van der Waals surface area contributed by atoms with Gasteiger partial charge < -0.3 is 5.11 Å². The van der Waals surface area contributed by atoms with E-state index < -0.39 is 5.97 Å². The zero-order chi connectivity index (χ0) is 16.6. The Morgan fingerprint density at radius 2 is 1.55 bits per heavy atom. The van der Waals surface area contributed by atoms with E-state index in [-0.39, 0.29) is 0 Å². The largest absolute Gasteiger partial charge is 0.478 e. The summed E-state index contributed by atoms with van der Waals surface area (Å²) in [4.78, 5) is 10.2. The SMILES string of the molecule is CCCCCCCC[CH]([Na])CCC.O=C(O)c1ccccc1. The van der Waals surface area contributed by atoms with Gasteiger partial charge in [-0.3, -0.25) is 0 Å². The number of rotatable bonds is 10. The van der Waals surface area contributed by atoms with Crippen LogP contribution in [-0.4, -0.2) is 39.0 Å². The summed E-state index contributed by atoms with van der Waals surface area (Å²) in [5.41, 5.74) is 0.331. The number of hydrogen-bond donors (Lipinski definition) is 1. The molecule has 0 saturated carbocycles. The minimum atomic E-state index is -0.879. The molecular weight excluding hydrogens is 283 g/mol. The van der Waals surface area contributed by atoms with Gasteiger partial charge >= 0.3 is 109 Å². The third kappa shape index (κ3) is 13.4. The van der Waals surface area contributed by atoms with Crippen LogP contribution in [0.4, 0.5) is 0 Å². The summed E-state index contributed by atoms with van der Waals surface area (Å²) in [7, 11) is 0. The molecule has 22 heavy (non-hydrogen) atoms. The van der Waals surface area contributed by atoms with E-state index in [2.05, 4.69) is 13.8 Å². The quantitative estimate of drug-likeness (QED) is 0.432. The second-order valence-corrected chi connectivity index (χ2v) is 7.75. The van der Waals surface area contributed by atoms with Crippen LogP contribution in [0.2, 0.25) is 3.17 Å². The molecule has 0 aliphatic heterocycles. The van der Waals surface area contributed by atoms with Crippen molar-refractivity contribution < 1.29 is 9.90 Å². The molecule has 1 aromatic carbocycles. The van der Waals surface area contributed by atoms with Crippen molar-refractivity contribution in [2.45, 2.75) is 74.8 Å². The molecule has 1 rings (SSSR count). The van der Waals surface area contributed by atoms with Crippen LogP contribution < -0.4 is 0 Å². The molecule has 2 nitrogen and oxygen atoms in total.